The third kappa shape index (κ3) is 3.70. The maximum atomic E-state index is 11.9. The molecule has 0 saturated carbocycles. The second-order valence-electron chi connectivity index (χ2n) is 5.92. The number of benzene rings is 1. The maximum Gasteiger partial charge on any atom is 0.188 e. The molecule has 1 aliphatic heterocycles. The van der Waals surface area contributed by atoms with Crippen molar-refractivity contribution in [1.29, 1.82) is 0 Å². The lowest BCUT2D eigenvalue weighted by Gasteiger charge is -2.32. The van der Waals surface area contributed by atoms with Gasteiger partial charge in [-0.3, -0.25) is 4.90 Å². The SMILES string of the molecule is CS(=O)(=O)c1snnc1[C@H]1CCCN(Cc2ccccc2O)C1. The lowest BCUT2D eigenvalue weighted by Crippen LogP contribution is -2.34. The van der Waals surface area contributed by atoms with Gasteiger partial charge in [0, 0.05) is 42.4 Å². The van der Waals surface area contributed by atoms with Gasteiger partial charge < -0.3 is 5.11 Å². The van der Waals surface area contributed by atoms with Gasteiger partial charge in [0.05, 0.1) is 5.69 Å². The van der Waals surface area contributed by atoms with Crippen molar-refractivity contribution in [1.82, 2.24) is 14.5 Å². The summed E-state index contributed by atoms with van der Waals surface area (Å²) in [6.07, 6.45) is 3.08. The third-order valence-corrected chi connectivity index (χ3v) is 6.65. The number of hydrogen-bond acceptors (Lipinski definition) is 7. The van der Waals surface area contributed by atoms with Crippen LogP contribution in [0.5, 0.6) is 5.75 Å². The zero-order valence-corrected chi connectivity index (χ0v) is 14.5. The second kappa shape index (κ2) is 6.54. The highest BCUT2D eigenvalue weighted by molar-refractivity contribution is 7.92. The van der Waals surface area contributed by atoms with E-state index in [9.17, 15) is 13.5 Å². The minimum Gasteiger partial charge on any atom is -0.508 e. The summed E-state index contributed by atoms with van der Waals surface area (Å²) in [4.78, 5) is 2.23. The first-order chi connectivity index (χ1) is 10.9. The molecule has 1 aromatic carbocycles. The van der Waals surface area contributed by atoms with Gasteiger partial charge in [0.1, 0.15) is 5.75 Å². The first-order valence-corrected chi connectivity index (χ1v) is 10.1. The summed E-state index contributed by atoms with van der Waals surface area (Å²) in [5.41, 5.74) is 1.48. The Morgan fingerprint density at radius 3 is 2.91 bits per heavy atom. The van der Waals surface area contributed by atoms with Gasteiger partial charge in [0.25, 0.3) is 0 Å². The molecule has 1 atom stereocenters. The predicted molar refractivity (Wildman–Crippen MR) is 88.4 cm³/mol. The van der Waals surface area contributed by atoms with Crippen molar-refractivity contribution in [3.63, 3.8) is 0 Å². The van der Waals surface area contributed by atoms with Crippen LogP contribution in [0.15, 0.2) is 28.5 Å². The fourth-order valence-electron chi connectivity index (χ4n) is 3.00. The van der Waals surface area contributed by atoms with E-state index < -0.39 is 9.84 Å². The maximum absolute atomic E-state index is 11.9. The first kappa shape index (κ1) is 16.4. The Bertz CT molecular complexity index is 789. The quantitative estimate of drug-likeness (QED) is 0.905. The fourth-order valence-corrected chi connectivity index (χ4v) is 4.74. The number of phenolic OH excluding ortho intramolecular Hbond substituents is 1. The summed E-state index contributed by atoms with van der Waals surface area (Å²) in [6, 6.07) is 7.30. The van der Waals surface area contributed by atoms with Crippen LogP contribution in [0.2, 0.25) is 0 Å². The van der Waals surface area contributed by atoms with E-state index in [1.807, 2.05) is 12.1 Å². The molecule has 1 aromatic heterocycles. The van der Waals surface area contributed by atoms with Crippen LogP contribution in [0.4, 0.5) is 0 Å². The number of phenols is 1. The zero-order chi connectivity index (χ0) is 16.4. The number of rotatable bonds is 4. The normalized spacial score (nSPS) is 19.8. The highest BCUT2D eigenvalue weighted by Crippen LogP contribution is 2.32. The first-order valence-electron chi connectivity index (χ1n) is 7.46. The summed E-state index contributed by atoms with van der Waals surface area (Å²) >= 11 is 0.950. The van der Waals surface area contributed by atoms with Crippen LogP contribution in [0.3, 0.4) is 0 Å². The van der Waals surface area contributed by atoms with Crippen LogP contribution in [-0.4, -0.2) is 47.4 Å². The van der Waals surface area contributed by atoms with Gasteiger partial charge in [-0.2, -0.15) is 0 Å². The topological polar surface area (TPSA) is 83.4 Å². The van der Waals surface area contributed by atoms with Gasteiger partial charge in [-0.15, -0.1) is 5.10 Å². The molecule has 1 N–H and O–H groups in total. The molecule has 23 heavy (non-hydrogen) atoms. The highest BCUT2D eigenvalue weighted by atomic mass is 32.2. The summed E-state index contributed by atoms with van der Waals surface area (Å²) in [5, 5.41) is 14.0. The van der Waals surface area contributed by atoms with Crippen LogP contribution < -0.4 is 0 Å². The number of aromatic hydroxyl groups is 1. The van der Waals surface area contributed by atoms with Gasteiger partial charge in [0.2, 0.25) is 0 Å². The van der Waals surface area contributed by atoms with Crippen LogP contribution in [0.25, 0.3) is 0 Å². The number of aromatic nitrogens is 2. The van der Waals surface area contributed by atoms with Gasteiger partial charge in [0.15, 0.2) is 14.0 Å². The standard InChI is InChI=1S/C15H19N3O3S2/c1-23(20,21)15-14(16-17-22-15)12-6-4-8-18(10-12)9-11-5-2-3-7-13(11)19/h2-3,5,7,12,19H,4,6,8-10H2,1H3/t12-/m0/s1. The van der Waals surface area contributed by atoms with Crippen molar-refractivity contribution >= 4 is 21.4 Å². The number of piperidine rings is 1. The molecule has 1 saturated heterocycles. The molecular weight excluding hydrogens is 334 g/mol. The third-order valence-electron chi connectivity index (χ3n) is 4.10. The van der Waals surface area contributed by atoms with Gasteiger partial charge >= 0.3 is 0 Å². The summed E-state index contributed by atoms with van der Waals surface area (Å²) in [5.74, 6) is 0.361. The largest absolute Gasteiger partial charge is 0.508 e. The Morgan fingerprint density at radius 2 is 2.17 bits per heavy atom. The van der Waals surface area contributed by atoms with E-state index in [2.05, 4.69) is 14.5 Å². The molecular formula is C15H19N3O3S2. The monoisotopic (exact) mass is 353 g/mol. The van der Waals surface area contributed by atoms with E-state index in [-0.39, 0.29) is 10.1 Å². The van der Waals surface area contributed by atoms with Crippen LogP contribution in [-0.2, 0) is 16.4 Å². The summed E-state index contributed by atoms with van der Waals surface area (Å²) < 4.78 is 27.8. The van der Waals surface area contributed by atoms with Crippen molar-refractivity contribution in [2.24, 2.45) is 0 Å². The van der Waals surface area contributed by atoms with Crippen LogP contribution in [0.1, 0.15) is 30.0 Å². The summed E-state index contributed by atoms with van der Waals surface area (Å²) in [7, 11) is -3.29. The molecule has 0 amide bonds. The number of likely N-dealkylation sites (tertiary alicyclic amines) is 1. The molecule has 0 unspecified atom stereocenters. The number of nitrogens with zero attached hydrogens (tertiary/aromatic N) is 3. The van der Waals surface area contributed by atoms with Gasteiger partial charge in [-0.05, 0) is 25.5 Å². The molecule has 124 valence electrons. The van der Waals surface area contributed by atoms with E-state index in [0.717, 1.165) is 43.0 Å². The Labute approximate surface area is 139 Å². The average molecular weight is 353 g/mol. The average Bonchev–Trinajstić information content (AvgIpc) is 3.00. The fraction of sp³-hybridized carbons (Fsp3) is 0.467. The smallest absolute Gasteiger partial charge is 0.188 e. The van der Waals surface area contributed by atoms with Crippen molar-refractivity contribution in [2.45, 2.75) is 29.5 Å². The molecule has 2 aromatic rings. The Morgan fingerprint density at radius 1 is 1.39 bits per heavy atom. The molecule has 8 heteroatoms. The molecule has 0 aliphatic carbocycles. The lowest BCUT2D eigenvalue weighted by atomic mass is 9.95. The second-order valence-corrected chi connectivity index (χ2v) is 8.89. The lowest BCUT2D eigenvalue weighted by molar-refractivity contribution is 0.195. The van der Waals surface area contributed by atoms with E-state index in [1.54, 1.807) is 12.1 Å². The van der Waals surface area contributed by atoms with Crippen LogP contribution >= 0.6 is 11.5 Å². The molecule has 6 nitrogen and oxygen atoms in total. The molecule has 1 fully saturated rings. The molecule has 2 heterocycles. The van der Waals surface area contributed by atoms with Crippen molar-refractivity contribution in [2.75, 3.05) is 19.3 Å². The van der Waals surface area contributed by atoms with E-state index in [0.29, 0.717) is 18.0 Å². The molecule has 1 aliphatic rings. The Hall–Kier alpha value is -1.51. The van der Waals surface area contributed by atoms with Crippen molar-refractivity contribution < 1.29 is 13.5 Å². The summed E-state index contributed by atoms with van der Waals surface area (Å²) in [6.45, 7) is 2.30. The van der Waals surface area contributed by atoms with Crippen molar-refractivity contribution in [3.8, 4) is 5.75 Å². The van der Waals surface area contributed by atoms with Gasteiger partial charge in [-0.1, -0.05) is 22.7 Å². The number of para-hydroxylation sites is 1. The number of hydrogen-bond donors (Lipinski definition) is 1. The molecule has 0 bridgehead atoms. The predicted octanol–water partition coefficient (Wildman–Crippen LogP) is 2.03. The Balaban J connectivity index is 1.77. The van der Waals surface area contributed by atoms with E-state index in [1.165, 1.54) is 6.26 Å². The van der Waals surface area contributed by atoms with E-state index >= 15 is 0 Å². The van der Waals surface area contributed by atoms with Gasteiger partial charge in [-0.25, -0.2) is 8.42 Å². The van der Waals surface area contributed by atoms with Crippen molar-refractivity contribution in [3.05, 3.63) is 35.5 Å². The van der Waals surface area contributed by atoms with E-state index in [4.69, 9.17) is 0 Å². The zero-order valence-electron chi connectivity index (χ0n) is 12.8. The molecule has 0 spiro atoms. The minimum absolute atomic E-state index is 0.0677. The molecule has 3 rings (SSSR count). The highest BCUT2D eigenvalue weighted by Gasteiger charge is 2.29. The van der Waals surface area contributed by atoms with Crippen LogP contribution in [0, 0.1) is 0 Å². The Kier molecular flexibility index (Phi) is 4.65. The minimum atomic E-state index is -3.29. The molecule has 0 radical (unpaired) electrons. The number of sulfone groups is 1.